The molecule has 19 heavy (non-hydrogen) atoms. The van der Waals surface area contributed by atoms with Gasteiger partial charge in [0, 0.05) is 24.5 Å². The van der Waals surface area contributed by atoms with Crippen LogP contribution < -0.4 is 5.32 Å². The van der Waals surface area contributed by atoms with E-state index < -0.39 is 0 Å². The second-order valence-corrected chi connectivity index (χ2v) is 3.59. The van der Waals surface area contributed by atoms with E-state index in [1.807, 2.05) is 26.0 Å². The molecule has 0 fully saturated rings. The smallest absolute Gasteiger partial charge is 0.251 e. The highest BCUT2D eigenvalue weighted by atomic mass is 16.3. The fraction of sp³-hybridized carbons (Fsp3) is 0.200. The van der Waals surface area contributed by atoms with Gasteiger partial charge in [-0.3, -0.25) is 9.78 Å². The monoisotopic (exact) mass is 258 g/mol. The van der Waals surface area contributed by atoms with Crippen LogP contribution in [0.25, 0.3) is 0 Å². The Morgan fingerprint density at radius 1 is 1.11 bits per heavy atom. The van der Waals surface area contributed by atoms with Crippen LogP contribution in [0.1, 0.15) is 29.8 Å². The highest BCUT2D eigenvalue weighted by Crippen LogP contribution is 2.09. The highest BCUT2D eigenvalue weighted by Gasteiger charge is 2.04. The molecule has 1 heterocycles. The summed E-state index contributed by atoms with van der Waals surface area (Å²) in [6, 6.07) is 9.82. The molecule has 1 aromatic heterocycles. The van der Waals surface area contributed by atoms with Crippen molar-refractivity contribution in [1.29, 1.82) is 0 Å². The number of benzene rings is 1. The van der Waals surface area contributed by atoms with Crippen molar-refractivity contribution in [2.24, 2.45) is 0 Å². The second-order valence-electron chi connectivity index (χ2n) is 3.59. The lowest BCUT2D eigenvalue weighted by Crippen LogP contribution is -2.22. The Morgan fingerprint density at radius 2 is 1.68 bits per heavy atom. The Bertz CT molecular complexity index is 495. The minimum atomic E-state index is -0.165. The number of hydrogen-bond donors (Lipinski definition) is 2. The van der Waals surface area contributed by atoms with Gasteiger partial charge in [0.25, 0.3) is 5.91 Å². The van der Waals surface area contributed by atoms with Crippen molar-refractivity contribution < 1.29 is 9.90 Å². The van der Waals surface area contributed by atoms with E-state index in [2.05, 4.69) is 10.3 Å². The van der Waals surface area contributed by atoms with E-state index >= 15 is 0 Å². The summed E-state index contributed by atoms with van der Waals surface area (Å²) in [6.07, 6.45) is 3.37. The Kier molecular flexibility index (Phi) is 6.09. The number of phenolic OH excluding ortho intramolecular Hbond substituents is 1. The largest absolute Gasteiger partial charge is 0.508 e. The summed E-state index contributed by atoms with van der Waals surface area (Å²) in [5.74, 6) is -0.0162. The number of carbonyl (C=O) groups excluding carboxylic acids is 1. The van der Waals surface area contributed by atoms with Crippen molar-refractivity contribution >= 4 is 5.91 Å². The van der Waals surface area contributed by atoms with Crippen LogP contribution in [0.15, 0.2) is 48.8 Å². The van der Waals surface area contributed by atoms with E-state index in [0.717, 1.165) is 5.56 Å². The molecule has 100 valence electrons. The molecule has 2 rings (SSSR count). The van der Waals surface area contributed by atoms with Crippen LogP contribution in [0.3, 0.4) is 0 Å². The number of rotatable bonds is 3. The predicted octanol–water partition coefficient (Wildman–Crippen LogP) is 2.74. The molecule has 1 amide bonds. The molecule has 4 nitrogen and oxygen atoms in total. The molecule has 0 unspecified atom stereocenters. The first-order valence-corrected chi connectivity index (χ1v) is 6.22. The SMILES string of the molecule is CC.O=C(NCc1ccncc1)c1ccc(O)cc1. The molecule has 0 saturated carbocycles. The molecule has 0 saturated heterocycles. The van der Waals surface area contributed by atoms with E-state index in [0.29, 0.717) is 12.1 Å². The first-order valence-electron chi connectivity index (χ1n) is 6.22. The lowest BCUT2D eigenvalue weighted by atomic mass is 10.2. The van der Waals surface area contributed by atoms with E-state index in [9.17, 15) is 4.79 Å². The second kappa shape index (κ2) is 7.87. The van der Waals surface area contributed by atoms with Crippen LogP contribution >= 0.6 is 0 Å². The minimum absolute atomic E-state index is 0.149. The van der Waals surface area contributed by atoms with Crippen molar-refractivity contribution in [3.8, 4) is 5.75 Å². The average molecular weight is 258 g/mol. The molecule has 0 bridgehead atoms. The van der Waals surface area contributed by atoms with Gasteiger partial charge < -0.3 is 10.4 Å². The number of nitrogens with one attached hydrogen (secondary N) is 1. The summed E-state index contributed by atoms with van der Waals surface area (Å²) >= 11 is 0. The third-order valence-electron chi connectivity index (χ3n) is 2.33. The quantitative estimate of drug-likeness (QED) is 0.889. The molecule has 2 N–H and O–H groups in total. The van der Waals surface area contributed by atoms with E-state index in [1.54, 1.807) is 24.5 Å². The van der Waals surface area contributed by atoms with Crippen molar-refractivity contribution in [2.45, 2.75) is 20.4 Å². The van der Waals surface area contributed by atoms with Gasteiger partial charge in [-0.2, -0.15) is 0 Å². The summed E-state index contributed by atoms with van der Waals surface area (Å²) in [7, 11) is 0. The zero-order chi connectivity index (χ0) is 14.1. The van der Waals surface area contributed by atoms with Crippen molar-refractivity contribution in [3.63, 3.8) is 0 Å². The molecule has 1 aromatic carbocycles. The van der Waals surface area contributed by atoms with Gasteiger partial charge in [0.1, 0.15) is 5.75 Å². The van der Waals surface area contributed by atoms with Crippen LogP contribution in [0.2, 0.25) is 0 Å². The maximum Gasteiger partial charge on any atom is 0.251 e. The van der Waals surface area contributed by atoms with Gasteiger partial charge in [0.05, 0.1) is 0 Å². The van der Waals surface area contributed by atoms with E-state index in [1.165, 1.54) is 12.1 Å². The molecule has 0 aliphatic carbocycles. The minimum Gasteiger partial charge on any atom is -0.508 e. The number of nitrogens with zero attached hydrogens (tertiary/aromatic N) is 1. The summed E-state index contributed by atoms with van der Waals surface area (Å²) in [4.78, 5) is 15.6. The molecule has 0 aliphatic heterocycles. The van der Waals surface area contributed by atoms with Gasteiger partial charge >= 0.3 is 0 Å². The number of amides is 1. The summed E-state index contributed by atoms with van der Waals surface area (Å²) < 4.78 is 0. The lowest BCUT2D eigenvalue weighted by molar-refractivity contribution is 0.0951. The Balaban J connectivity index is 0.000000861. The maximum atomic E-state index is 11.7. The predicted molar refractivity (Wildman–Crippen MR) is 74.9 cm³/mol. The van der Waals surface area contributed by atoms with Crippen LogP contribution in [0.4, 0.5) is 0 Å². The molecule has 0 spiro atoms. The van der Waals surface area contributed by atoms with Crippen molar-refractivity contribution in [2.75, 3.05) is 0 Å². The first-order chi connectivity index (χ1) is 9.25. The molecule has 0 atom stereocenters. The Morgan fingerprint density at radius 3 is 2.26 bits per heavy atom. The fourth-order valence-electron chi connectivity index (χ4n) is 1.40. The van der Waals surface area contributed by atoms with Gasteiger partial charge in [0.2, 0.25) is 0 Å². The summed E-state index contributed by atoms with van der Waals surface area (Å²) in [6.45, 7) is 4.46. The molecule has 0 aliphatic rings. The van der Waals surface area contributed by atoms with Gasteiger partial charge in [-0.1, -0.05) is 13.8 Å². The summed E-state index contributed by atoms with van der Waals surface area (Å²) in [5, 5.41) is 11.9. The van der Waals surface area contributed by atoms with Crippen molar-refractivity contribution in [1.82, 2.24) is 10.3 Å². The average Bonchev–Trinajstić information content (AvgIpc) is 2.49. The maximum absolute atomic E-state index is 11.7. The number of aromatic hydroxyl groups is 1. The highest BCUT2D eigenvalue weighted by molar-refractivity contribution is 5.94. The number of aromatic nitrogens is 1. The van der Waals surface area contributed by atoms with Gasteiger partial charge in [-0.25, -0.2) is 0 Å². The van der Waals surface area contributed by atoms with Crippen LogP contribution in [0, 0.1) is 0 Å². The van der Waals surface area contributed by atoms with Gasteiger partial charge in [-0.15, -0.1) is 0 Å². The topological polar surface area (TPSA) is 62.2 Å². The Hall–Kier alpha value is -2.36. The number of pyridine rings is 1. The Labute approximate surface area is 113 Å². The van der Waals surface area contributed by atoms with E-state index in [-0.39, 0.29) is 11.7 Å². The van der Waals surface area contributed by atoms with Crippen LogP contribution in [0.5, 0.6) is 5.75 Å². The molecule has 4 heteroatoms. The van der Waals surface area contributed by atoms with Crippen molar-refractivity contribution in [3.05, 3.63) is 59.9 Å². The van der Waals surface area contributed by atoms with Crippen LogP contribution in [-0.2, 0) is 6.54 Å². The molecule has 0 radical (unpaired) electrons. The number of carbonyl (C=O) groups is 1. The normalized spacial score (nSPS) is 9.16. The first kappa shape index (κ1) is 14.7. The zero-order valence-corrected chi connectivity index (χ0v) is 11.1. The number of hydrogen-bond acceptors (Lipinski definition) is 3. The van der Waals surface area contributed by atoms with Crippen LogP contribution in [-0.4, -0.2) is 16.0 Å². The molecular weight excluding hydrogens is 240 g/mol. The molecular formula is C15H18N2O2. The van der Waals surface area contributed by atoms with Gasteiger partial charge in [0.15, 0.2) is 0 Å². The summed E-state index contributed by atoms with van der Waals surface area (Å²) in [5.41, 5.74) is 1.52. The number of phenols is 1. The molecule has 2 aromatic rings. The lowest BCUT2D eigenvalue weighted by Gasteiger charge is -2.05. The zero-order valence-electron chi connectivity index (χ0n) is 11.1. The third kappa shape index (κ3) is 4.79. The van der Waals surface area contributed by atoms with E-state index in [4.69, 9.17) is 5.11 Å². The standard InChI is InChI=1S/C13H12N2O2.C2H6/c16-12-3-1-11(2-4-12)13(17)15-9-10-5-7-14-8-6-10;1-2/h1-8,16H,9H2,(H,15,17);1-2H3. The van der Waals surface area contributed by atoms with Gasteiger partial charge in [-0.05, 0) is 42.0 Å². The fourth-order valence-corrected chi connectivity index (χ4v) is 1.40. The third-order valence-corrected chi connectivity index (χ3v) is 2.33.